The Morgan fingerprint density at radius 2 is 1.83 bits per heavy atom. The van der Waals surface area contributed by atoms with E-state index in [-0.39, 0.29) is 24.0 Å². The highest BCUT2D eigenvalue weighted by atomic mass is 16.5. The molecule has 3 rings (SSSR count). The fourth-order valence-corrected chi connectivity index (χ4v) is 3.24. The van der Waals surface area contributed by atoms with Gasteiger partial charge in [0.25, 0.3) is 11.8 Å². The standard InChI is InChI=1S/C18H25N3O3/c1-12-9-21(10-13(2)24-12)11-17(22)20-16-6-4-3-5-15(16)18(23)19-14-7-8-14/h3-6,12-14H,7-11H2,1-2H3,(H,19,23)(H,20,22)/p+1/t12-,13+. The smallest absolute Gasteiger partial charge is 0.279 e. The number of anilines is 1. The van der Waals surface area contributed by atoms with E-state index in [2.05, 4.69) is 10.6 Å². The van der Waals surface area contributed by atoms with Crippen LogP contribution in [0.25, 0.3) is 0 Å². The van der Waals surface area contributed by atoms with Crippen LogP contribution in [-0.4, -0.2) is 49.7 Å². The third-order valence-corrected chi connectivity index (χ3v) is 4.39. The van der Waals surface area contributed by atoms with Gasteiger partial charge in [0.15, 0.2) is 6.54 Å². The highest BCUT2D eigenvalue weighted by molar-refractivity contribution is 6.04. The van der Waals surface area contributed by atoms with E-state index in [9.17, 15) is 9.59 Å². The first-order valence-corrected chi connectivity index (χ1v) is 8.70. The summed E-state index contributed by atoms with van der Waals surface area (Å²) in [6, 6.07) is 7.46. The van der Waals surface area contributed by atoms with E-state index in [4.69, 9.17) is 4.74 Å². The van der Waals surface area contributed by atoms with Gasteiger partial charge >= 0.3 is 0 Å². The molecule has 1 saturated heterocycles. The van der Waals surface area contributed by atoms with E-state index < -0.39 is 0 Å². The zero-order valence-electron chi connectivity index (χ0n) is 14.3. The van der Waals surface area contributed by atoms with Crippen LogP contribution in [0.1, 0.15) is 37.0 Å². The van der Waals surface area contributed by atoms with Crippen molar-refractivity contribution in [2.75, 3.05) is 25.0 Å². The lowest BCUT2D eigenvalue weighted by Gasteiger charge is -2.31. The SMILES string of the molecule is C[C@@H]1C[NH+](CC(=O)Nc2ccccc2C(=O)NC2CC2)C[C@H](C)O1. The lowest BCUT2D eigenvalue weighted by Crippen LogP contribution is -3.16. The molecule has 1 aliphatic carbocycles. The minimum atomic E-state index is -0.116. The molecule has 1 heterocycles. The fraction of sp³-hybridized carbons (Fsp3) is 0.556. The first kappa shape index (κ1) is 16.9. The van der Waals surface area contributed by atoms with Crippen LogP contribution in [0.5, 0.6) is 0 Å². The molecule has 2 fully saturated rings. The van der Waals surface area contributed by atoms with Crippen LogP contribution in [0.2, 0.25) is 0 Å². The molecule has 1 aliphatic heterocycles. The minimum Gasteiger partial charge on any atom is -0.364 e. The van der Waals surface area contributed by atoms with E-state index in [0.29, 0.717) is 23.8 Å². The van der Waals surface area contributed by atoms with Crippen molar-refractivity contribution in [3.05, 3.63) is 29.8 Å². The molecule has 2 aliphatic rings. The molecular formula is C18H26N3O3+. The summed E-state index contributed by atoms with van der Waals surface area (Å²) in [5, 5.41) is 5.87. The Bertz CT molecular complexity index is 605. The topological polar surface area (TPSA) is 71.9 Å². The lowest BCUT2D eigenvalue weighted by atomic mass is 10.1. The predicted molar refractivity (Wildman–Crippen MR) is 91.1 cm³/mol. The van der Waals surface area contributed by atoms with Crippen LogP contribution in [0.15, 0.2) is 24.3 Å². The highest BCUT2D eigenvalue weighted by Crippen LogP contribution is 2.21. The molecule has 6 nitrogen and oxygen atoms in total. The van der Waals surface area contributed by atoms with Crippen molar-refractivity contribution in [2.45, 2.75) is 44.9 Å². The minimum absolute atomic E-state index is 0.0713. The number of carbonyl (C=O) groups excluding carboxylic acids is 2. The van der Waals surface area contributed by atoms with E-state index in [0.717, 1.165) is 25.9 Å². The summed E-state index contributed by atoms with van der Waals surface area (Å²) < 4.78 is 5.70. The third-order valence-electron chi connectivity index (χ3n) is 4.39. The second-order valence-corrected chi connectivity index (χ2v) is 6.93. The van der Waals surface area contributed by atoms with Gasteiger partial charge in [-0.05, 0) is 38.8 Å². The number of rotatable bonds is 5. The largest absolute Gasteiger partial charge is 0.364 e. The molecule has 130 valence electrons. The van der Waals surface area contributed by atoms with Crippen molar-refractivity contribution in [3.8, 4) is 0 Å². The average Bonchev–Trinajstić information content (AvgIpc) is 3.30. The molecule has 1 aromatic rings. The number of benzene rings is 1. The van der Waals surface area contributed by atoms with Gasteiger partial charge in [0.05, 0.1) is 11.3 Å². The zero-order valence-corrected chi connectivity index (χ0v) is 14.3. The maximum Gasteiger partial charge on any atom is 0.279 e. The quantitative estimate of drug-likeness (QED) is 0.722. The van der Waals surface area contributed by atoms with Crippen LogP contribution in [0.4, 0.5) is 5.69 Å². The van der Waals surface area contributed by atoms with Gasteiger partial charge in [-0.25, -0.2) is 0 Å². The molecule has 0 radical (unpaired) electrons. The second-order valence-electron chi connectivity index (χ2n) is 6.93. The Morgan fingerprint density at radius 3 is 2.50 bits per heavy atom. The van der Waals surface area contributed by atoms with Crippen molar-refractivity contribution in [1.82, 2.24) is 5.32 Å². The number of hydrogen-bond donors (Lipinski definition) is 3. The van der Waals surface area contributed by atoms with E-state index in [1.165, 1.54) is 4.90 Å². The Balaban J connectivity index is 1.60. The van der Waals surface area contributed by atoms with Gasteiger partial charge in [0.2, 0.25) is 0 Å². The average molecular weight is 332 g/mol. The summed E-state index contributed by atoms with van der Waals surface area (Å²) in [6.07, 6.45) is 2.40. The van der Waals surface area contributed by atoms with Crippen molar-refractivity contribution in [3.63, 3.8) is 0 Å². The molecule has 6 heteroatoms. The molecule has 3 N–H and O–H groups in total. The maximum atomic E-state index is 12.4. The van der Waals surface area contributed by atoms with Crippen LogP contribution < -0.4 is 15.5 Å². The molecule has 1 aromatic carbocycles. The zero-order chi connectivity index (χ0) is 17.1. The lowest BCUT2D eigenvalue weighted by molar-refractivity contribution is -0.907. The molecule has 3 atom stereocenters. The van der Waals surface area contributed by atoms with Crippen LogP contribution in [0.3, 0.4) is 0 Å². The van der Waals surface area contributed by atoms with Gasteiger partial charge in [-0.3, -0.25) is 9.59 Å². The molecule has 1 unspecified atom stereocenters. The van der Waals surface area contributed by atoms with Crippen LogP contribution >= 0.6 is 0 Å². The van der Waals surface area contributed by atoms with Gasteiger partial charge in [-0.2, -0.15) is 0 Å². The molecule has 24 heavy (non-hydrogen) atoms. The fourth-order valence-electron chi connectivity index (χ4n) is 3.24. The van der Waals surface area contributed by atoms with Gasteiger partial charge in [-0.1, -0.05) is 12.1 Å². The molecule has 2 amide bonds. The van der Waals surface area contributed by atoms with Gasteiger partial charge in [0, 0.05) is 6.04 Å². The number of quaternary nitrogens is 1. The first-order chi connectivity index (χ1) is 11.5. The Morgan fingerprint density at radius 1 is 1.17 bits per heavy atom. The Kier molecular flexibility index (Phi) is 5.16. The Labute approximate surface area is 142 Å². The third kappa shape index (κ3) is 4.55. The number of nitrogens with one attached hydrogen (secondary N) is 3. The highest BCUT2D eigenvalue weighted by Gasteiger charge is 2.28. The van der Waals surface area contributed by atoms with E-state index in [1.54, 1.807) is 12.1 Å². The van der Waals surface area contributed by atoms with Gasteiger partial charge in [-0.15, -0.1) is 0 Å². The predicted octanol–water partition coefficient (Wildman–Crippen LogP) is 0.209. The summed E-state index contributed by atoms with van der Waals surface area (Å²) in [5.74, 6) is -0.188. The summed E-state index contributed by atoms with van der Waals surface area (Å²) in [6.45, 7) is 6.09. The monoisotopic (exact) mass is 332 g/mol. The molecule has 1 saturated carbocycles. The van der Waals surface area contributed by atoms with Crippen LogP contribution in [-0.2, 0) is 9.53 Å². The number of hydrogen-bond acceptors (Lipinski definition) is 3. The van der Waals surface area contributed by atoms with Crippen LogP contribution in [0, 0.1) is 0 Å². The van der Waals surface area contributed by atoms with Crippen molar-refractivity contribution >= 4 is 17.5 Å². The van der Waals surface area contributed by atoms with E-state index in [1.807, 2.05) is 26.0 Å². The molecule has 0 spiro atoms. The molecule has 0 aromatic heterocycles. The van der Waals surface area contributed by atoms with Crippen molar-refractivity contribution < 1.29 is 19.2 Å². The summed E-state index contributed by atoms with van der Waals surface area (Å²) in [7, 11) is 0. The Hall–Kier alpha value is -1.92. The van der Waals surface area contributed by atoms with Gasteiger partial charge in [0.1, 0.15) is 25.3 Å². The number of amides is 2. The second kappa shape index (κ2) is 7.32. The van der Waals surface area contributed by atoms with Gasteiger partial charge < -0.3 is 20.3 Å². The normalized spacial score (nSPS) is 26.7. The summed E-state index contributed by atoms with van der Waals surface area (Å²) >= 11 is 0. The number of morpholine rings is 1. The maximum absolute atomic E-state index is 12.4. The summed E-state index contributed by atoms with van der Waals surface area (Å²) in [5.41, 5.74) is 1.10. The first-order valence-electron chi connectivity index (χ1n) is 8.70. The molecular weight excluding hydrogens is 306 g/mol. The van der Waals surface area contributed by atoms with Crippen molar-refractivity contribution in [1.29, 1.82) is 0 Å². The number of para-hydroxylation sites is 1. The number of carbonyl (C=O) groups is 2. The number of ether oxygens (including phenoxy) is 1. The molecule has 0 bridgehead atoms. The summed E-state index contributed by atoms with van der Waals surface area (Å²) in [4.78, 5) is 25.9. The van der Waals surface area contributed by atoms with Crippen molar-refractivity contribution in [2.24, 2.45) is 0 Å². The van der Waals surface area contributed by atoms with E-state index >= 15 is 0 Å².